The predicted octanol–water partition coefficient (Wildman–Crippen LogP) is 4.14. The normalized spacial score (nSPS) is 13.8. The molecule has 0 radical (unpaired) electrons. The van der Waals surface area contributed by atoms with Crippen molar-refractivity contribution in [2.45, 2.75) is 13.3 Å². The molecule has 0 N–H and O–H groups in total. The highest BCUT2D eigenvalue weighted by Crippen LogP contribution is 2.27. The second-order valence-corrected chi connectivity index (χ2v) is 6.86. The Morgan fingerprint density at radius 2 is 1.96 bits per heavy atom. The van der Waals surface area contributed by atoms with Crippen LogP contribution in [0.1, 0.15) is 12.0 Å². The average molecular weight is 359 g/mol. The standard InChI is InChI=1S/C21H18FN5/c1-14-4-2-7-23-20(14)15-10-16-13-27(25-21(16)24-12-15)19-11-17(5-6-18(19)22)26-8-3-9-26/h2,4-7,10-13H,3,8-9H2,1H3. The van der Waals surface area contributed by atoms with Gasteiger partial charge in [-0.05, 0) is 49.2 Å². The number of pyridine rings is 2. The Morgan fingerprint density at radius 1 is 1.07 bits per heavy atom. The molecule has 1 aliphatic rings. The molecule has 4 heterocycles. The van der Waals surface area contributed by atoms with Gasteiger partial charge in [0, 0.05) is 48.3 Å². The lowest BCUT2D eigenvalue weighted by Gasteiger charge is -2.33. The molecule has 0 atom stereocenters. The van der Waals surface area contributed by atoms with Gasteiger partial charge in [-0.2, -0.15) is 0 Å². The molecule has 0 spiro atoms. The Bertz CT molecular complexity index is 1150. The number of halogens is 1. The number of benzene rings is 1. The molecule has 5 nitrogen and oxygen atoms in total. The van der Waals surface area contributed by atoms with Crippen molar-refractivity contribution in [3.8, 4) is 16.9 Å². The summed E-state index contributed by atoms with van der Waals surface area (Å²) < 4.78 is 16.0. The van der Waals surface area contributed by atoms with E-state index in [2.05, 4.69) is 20.0 Å². The minimum absolute atomic E-state index is 0.298. The van der Waals surface area contributed by atoms with Crippen molar-refractivity contribution in [3.05, 3.63) is 66.4 Å². The van der Waals surface area contributed by atoms with Crippen molar-refractivity contribution >= 4 is 16.7 Å². The highest BCUT2D eigenvalue weighted by atomic mass is 19.1. The van der Waals surface area contributed by atoms with Gasteiger partial charge in [0.1, 0.15) is 11.5 Å². The molecule has 6 heteroatoms. The number of rotatable bonds is 3. The summed E-state index contributed by atoms with van der Waals surface area (Å²) in [5, 5.41) is 5.32. The van der Waals surface area contributed by atoms with Gasteiger partial charge in [-0.3, -0.25) is 4.98 Å². The quantitative estimate of drug-likeness (QED) is 0.552. The molecule has 1 fully saturated rings. The summed E-state index contributed by atoms with van der Waals surface area (Å²) in [6.45, 7) is 4.05. The van der Waals surface area contributed by atoms with Gasteiger partial charge in [0.15, 0.2) is 5.65 Å². The van der Waals surface area contributed by atoms with E-state index in [9.17, 15) is 4.39 Å². The van der Waals surface area contributed by atoms with Crippen LogP contribution in [0.15, 0.2) is 55.0 Å². The van der Waals surface area contributed by atoms with Gasteiger partial charge in [0.25, 0.3) is 0 Å². The van der Waals surface area contributed by atoms with Crippen LogP contribution in [0.2, 0.25) is 0 Å². The third kappa shape index (κ3) is 2.73. The van der Waals surface area contributed by atoms with Crippen molar-refractivity contribution in [1.29, 1.82) is 0 Å². The van der Waals surface area contributed by atoms with Crippen LogP contribution in [0.25, 0.3) is 28.0 Å². The number of hydrogen-bond acceptors (Lipinski definition) is 4. The molecule has 134 valence electrons. The van der Waals surface area contributed by atoms with Crippen LogP contribution in [0.5, 0.6) is 0 Å². The fourth-order valence-corrected chi connectivity index (χ4v) is 3.40. The average Bonchev–Trinajstić information content (AvgIpc) is 3.05. The fraction of sp³-hybridized carbons (Fsp3) is 0.190. The van der Waals surface area contributed by atoms with Crippen LogP contribution in [0.3, 0.4) is 0 Å². The Kier molecular flexibility index (Phi) is 3.63. The first-order chi connectivity index (χ1) is 13.2. The van der Waals surface area contributed by atoms with Gasteiger partial charge >= 0.3 is 0 Å². The third-order valence-electron chi connectivity index (χ3n) is 5.04. The second-order valence-electron chi connectivity index (χ2n) is 6.86. The summed E-state index contributed by atoms with van der Waals surface area (Å²) in [6.07, 6.45) is 6.54. The summed E-state index contributed by atoms with van der Waals surface area (Å²) in [5.74, 6) is -0.298. The molecule has 5 rings (SSSR count). The van der Waals surface area contributed by atoms with E-state index in [4.69, 9.17) is 0 Å². The van der Waals surface area contributed by atoms with E-state index in [-0.39, 0.29) is 5.82 Å². The zero-order valence-electron chi connectivity index (χ0n) is 14.9. The number of fused-ring (bicyclic) bond motifs is 1. The number of aryl methyl sites for hydroxylation is 1. The molecule has 1 aliphatic heterocycles. The van der Waals surface area contributed by atoms with Gasteiger partial charge < -0.3 is 4.90 Å². The maximum absolute atomic E-state index is 14.5. The molecule has 0 aliphatic carbocycles. The number of hydrogen-bond donors (Lipinski definition) is 0. The number of nitrogens with zero attached hydrogens (tertiary/aromatic N) is 5. The van der Waals surface area contributed by atoms with Crippen LogP contribution < -0.4 is 4.90 Å². The number of aromatic nitrogens is 4. The van der Waals surface area contributed by atoms with E-state index < -0.39 is 0 Å². The maximum Gasteiger partial charge on any atom is 0.181 e. The first kappa shape index (κ1) is 15.9. The molecule has 0 unspecified atom stereocenters. The highest BCUT2D eigenvalue weighted by molar-refractivity contribution is 5.80. The molecular formula is C21H18FN5. The lowest BCUT2D eigenvalue weighted by Crippen LogP contribution is -2.37. The van der Waals surface area contributed by atoms with E-state index >= 15 is 0 Å². The lowest BCUT2D eigenvalue weighted by molar-refractivity contribution is 0.601. The van der Waals surface area contributed by atoms with Crippen molar-refractivity contribution in [2.75, 3.05) is 18.0 Å². The zero-order valence-corrected chi connectivity index (χ0v) is 14.9. The van der Waals surface area contributed by atoms with E-state index in [1.54, 1.807) is 17.1 Å². The monoisotopic (exact) mass is 359 g/mol. The molecule has 3 aromatic heterocycles. The van der Waals surface area contributed by atoms with Crippen LogP contribution in [-0.2, 0) is 0 Å². The fourth-order valence-electron chi connectivity index (χ4n) is 3.40. The number of anilines is 1. The van der Waals surface area contributed by atoms with E-state index in [0.717, 1.165) is 41.0 Å². The lowest BCUT2D eigenvalue weighted by atomic mass is 10.1. The van der Waals surface area contributed by atoms with E-state index in [1.165, 1.54) is 12.5 Å². The Labute approximate surface area is 156 Å². The third-order valence-corrected chi connectivity index (χ3v) is 5.04. The Balaban J connectivity index is 1.58. The molecule has 1 aromatic carbocycles. The Hall–Kier alpha value is -3.28. The molecule has 27 heavy (non-hydrogen) atoms. The molecule has 0 amide bonds. The summed E-state index contributed by atoms with van der Waals surface area (Å²) in [4.78, 5) is 11.1. The molecule has 0 saturated carbocycles. The minimum Gasteiger partial charge on any atom is -0.371 e. The van der Waals surface area contributed by atoms with Gasteiger partial charge in [-0.1, -0.05) is 6.07 Å². The van der Waals surface area contributed by atoms with Crippen molar-refractivity contribution < 1.29 is 4.39 Å². The molecule has 0 bridgehead atoms. The SMILES string of the molecule is Cc1cccnc1-c1cnc2nn(-c3cc(N4CCC4)ccc3F)cc2c1. The van der Waals surface area contributed by atoms with Gasteiger partial charge in [0.2, 0.25) is 0 Å². The van der Waals surface area contributed by atoms with Gasteiger partial charge in [-0.25, -0.2) is 14.1 Å². The highest BCUT2D eigenvalue weighted by Gasteiger charge is 2.17. The predicted molar refractivity (Wildman–Crippen MR) is 104 cm³/mol. The van der Waals surface area contributed by atoms with Crippen LogP contribution >= 0.6 is 0 Å². The summed E-state index contributed by atoms with van der Waals surface area (Å²) in [7, 11) is 0. The maximum atomic E-state index is 14.5. The van der Waals surface area contributed by atoms with Crippen LogP contribution in [-0.4, -0.2) is 32.8 Å². The second kappa shape index (κ2) is 6.16. The van der Waals surface area contributed by atoms with E-state index in [0.29, 0.717) is 11.3 Å². The summed E-state index contributed by atoms with van der Waals surface area (Å²) >= 11 is 0. The van der Waals surface area contributed by atoms with Gasteiger partial charge in [-0.15, -0.1) is 5.10 Å². The largest absolute Gasteiger partial charge is 0.371 e. The smallest absolute Gasteiger partial charge is 0.181 e. The first-order valence-corrected chi connectivity index (χ1v) is 9.01. The zero-order chi connectivity index (χ0) is 18.4. The van der Waals surface area contributed by atoms with Crippen molar-refractivity contribution in [1.82, 2.24) is 19.7 Å². The molecule has 1 saturated heterocycles. The topological polar surface area (TPSA) is 46.8 Å². The first-order valence-electron chi connectivity index (χ1n) is 9.01. The molecular weight excluding hydrogens is 341 g/mol. The minimum atomic E-state index is -0.298. The summed E-state index contributed by atoms with van der Waals surface area (Å²) in [5.41, 5.74) is 4.95. The van der Waals surface area contributed by atoms with Crippen molar-refractivity contribution in [2.24, 2.45) is 0 Å². The molecule has 4 aromatic rings. The van der Waals surface area contributed by atoms with Gasteiger partial charge in [0.05, 0.1) is 5.69 Å². The van der Waals surface area contributed by atoms with Crippen LogP contribution in [0, 0.1) is 12.7 Å². The Morgan fingerprint density at radius 3 is 2.74 bits per heavy atom. The van der Waals surface area contributed by atoms with E-state index in [1.807, 2.05) is 43.5 Å². The summed E-state index contributed by atoms with van der Waals surface area (Å²) in [6, 6.07) is 11.1. The van der Waals surface area contributed by atoms with Crippen LogP contribution in [0.4, 0.5) is 10.1 Å². The van der Waals surface area contributed by atoms with Crippen molar-refractivity contribution in [3.63, 3.8) is 0 Å².